The predicted octanol–water partition coefficient (Wildman–Crippen LogP) is 3.78. The maximum Gasteiger partial charge on any atom is 0.0538 e. The van der Waals surface area contributed by atoms with Crippen molar-refractivity contribution in [1.29, 1.82) is 0 Å². The number of benzene rings is 1. The molecule has 0 aliphatic carbocycles. The zero-order valence-electron chi connectivity index (χ0n) is 11.9. The van der Waals surface area contributed by atoms with Gasteiger partial charge in [-0.3, -0.25) is 0 Å². The lowest BCUT2D eigenvalue weighted by Crippen LogP contribution is -2.47. The molecule has 0 amide bonds. The molecule has 1 unspecified atom stereocenters. The molecule has 1 fully saturated rings. The van der Waals surface area contributed by atoms with E-state index in [0.717, 1.165) is 18.0 Å². The molecule has 2 N–H and O–H groups in total. The summed E-state index contributed by atoms with van der Waals surface area (Å²) >= 11 is 5.99. The molecule has 0 spiro atoms. The van der Waals surface area contributed by atoms with Crippen molar-refractivity contribution in [2.75, 3.05) is 19.6 Å². The quantitative estimate of drug-likeness (QED) is 0.859. The summed E-state index contributed by atoms with van der Waals surface area (Å²) in [6.45, 7) is 5.57. The fourth-order valence-corrected chi connectivity index (χ4v) is 3.05. The van der Waals surface area contributed by atoms with Gasteiger partial charge in [0.2, 0.25) is 0 Å². The van der Waals surface area contributed by atoms with E-state index >= 15 is 0 Å². The Hall–Kier alpha value is -0.570. The van der Waals surface area contributed by atoms with Crippen molar-refractivity contribution in [2.45, 2.75) is 44.6 Å². The van der Waals surface area contributed by atoms with E-state index in [2.05, 4.69) is 24.0 Å². The van der Waals surface area contributed by atoms with E-state index in [4.69, 9.17) is 17.3 Å². The average Bonchev–Trinajstić information content (AvgIpc) is 2.90. The molecule has 19 heavy (non-hydrogen) atoms. The second-order valence-electron chi connectivity index (χ2n) is 5.75. The fourth-order valence-electron chi connectivity index (χ4n) is 2.93. The molecule has 0 saturated carbocycles. The minimum atomic E-state index is -0.231. The van der Waals surface area contributed by atoms with E-state index in [9.17, 15) is 0 Å². The van der Waals surface area contributed by atoms with E-state index in [1.54, 1.807) is 0 Å². The van der Waals surface area contributed by atoms with E-state index in [-0.39, 0.29) is 5.54 Å². The molecule has 2 rings (SSSR count). The Labute approximate surface area is 121 Å². The topological polar surface area (TPSA) is 29.3 Å². The highest BCUT2D eigenvalue weighted by molar-refractivity contribution is 6.30. The lowest BCUT2D eigenvalue weighted by molar-refractivity contribution is 0.232. The Bertz CT molecular complexity index is 384. The van der Waals surface area contributed by atoms with Gasteiger partial charge >= 0.3 is 0 Å². The third kappa shape index (κ3) is 3.95. The lowest BCUT2D eigenvalue weighted by atomic mass is 9.85. The van der Waals surface area contributed by atoms with Crippen LogP contribution in [-0.2, 0) is 5.54 Å². The molecule has 1 aromatic rings. The summed E-state index contributed by atoms with van der Waals surface area (Å²) < 4.78 is 0. The van der Waals surface area contributed by atoms with E-state index in [1.165, 1.54) is 44.3 Å². The Kier molecular flexibility index (Phi) is 5.26. The Morgan fingerprint density at radius 1 is 1.21 bits per heavy atom. The Balaban J connectivity index is 2.14. The lowest BCUT2D eigenvalue weighted by Gasteiger charge is -2.34. The van der Waals surface area contributed by atoms with Crippen LogP contribution in [0.15, 0.2) is 24.3 Å². The van der Waals surface area contributed by atoms with Crippen molar-refractivity contribution in [3.05, 3.63) is 34.9 Å². The van der Waals surface area contributed by atoms with Gasteiger partial charge in [-0.15, -0.1) is 0 Å². The largest absolute Gasteiger partial charge is 0.320 e. The summed E-state index contributed by atoms with van der Waals surface area (Å²) in [5.41, 5.74) is 7.74. The number of nitrogens with two attached hydrogens (primary N) is 1. The minimum Gasteiger partial charge on any atom is -0.320 e. The highest BCUT2D eigenvalue weighted by Gasteiger charge is 2.30. The number of hydrogen-bond acceptors (Lipinski definition) is 2. The zero-order chi connectivity index (χ0) is 13.7. The minimum absolute atomic E-state index is 0.231. The molecule has 1 aliphatic rings. The van der Waals surface area contributed by atoms with Gasteiger partial charge in [0.25, 0.3) is 0 Å². The third-order valence-corrected chi connectivity index (χ3v) is 4.35. The van der Waals surface area contributed by atoms with Gasteiger partial charge in [-0.05, 0) is 50.0 Å². The molecule has 106 valence electrons. The maximum absolute atomic E-state index is 6.75. The van der Waals surface area contributed by atoms with Crippen molar-refractivity contribution in [3.63, 3.8) is 0 Å². The first kappa shape index (κ1) is 14.8. The van der Waals surface area contributed by atoms with Crippen LogP contribution in [0.5, 0.6) is 0 Å². The van der Waals surface area contributed by atoms with Crippen LogP contribution in [0.3, 0.4) is 0 Å². The predicted molar refractivity (Wildman–Crippen MR) is 82.5 cm³/mol. The van der Waals surface area contributed by atoms with Gasteiger partial charge < -0.3 is 10.6 Å². The van der Waals surface area contributed by atoms with Crippen LogP contribution < -0.4 is 5.73 Å². The third-order valence-electron chi connectivity index (χ3n) is 4.10. The average molecular weight is 281 g/mol. The summed E-state index contributed by atoms with van der Waals surface area (Å²) in [6.07, 6.45) is 6.02. The van der Waals surface area contributed by atoms with Crippen LogP contribution in [0.2, 0.25) is 5.02 Å². The van der Waals surface area contributed by atoms with Gasteiger partial charge in [-0.25, -0.2) is 0 Å². The van der Waals surface area contributed by atoms with Gasteiger partial charge in [0, 0.05) is 11.6 Å². The maximum atomic E-state index is 6.75. The molecular formula is C16H25ClN2. The van der Waals surface area contributed by atoms with Crippen LogP contribution >= 0.6 is 11.6 Å². The molecule has 0 radical (unpaired) electrons. The van der Waals surface area contributed by atoms with Crippen molar-refractivity contribution in [2.24, 2.45) is 5.73 Å². The summed E-state index contributed by atoms with van der Waals surface area (Å²) in [6, 6.07) is 8.09. The zero-order valence-corrected chi connectivity index (χ0v) is 12.6. The molecule has 1 atom stereocenters. The number of likely N-dealkylation sites (tertiary alicyclic amines) is 1. The summed E-state index contributed by atoms with van der Waals surface area (Å²) in [4.78, 5) is 2.50. The van der Waals surface area contributed by atoms with E-state index < -0.39 is 0 Å². The SMILES string of the molecule is CCCCC(N)(CN1CCCC1)c1ccc(Cl)cc1. The Morgan fingerprint density at radius 2 is 1.84 bits per heavy atom. The van der Waals surface area contributed by atoms with Gasteiger partial charge in [-0.2, -0.15) is 0 Å². The number of hydrogen-bond donors (Lipinski definition) is 1. The van der Waals surface area contributed by atoms with Crippen LogP contribution in [-0.4, -0.2) is 24.5 Å². The van der Waals surface area contributed by atoms with Crippen molar-refractivity contribution >= 4 is 11.6 Å². The standard InChI is InChI=1S/C16H25ClN2/c1-2-3-10-16(18,13-19-11-4-5-12-19)14-6-8-15(17)9-7-14/h6-9H,2-5,10-13,18H2,1H3. The fraction of sp³-hybridized carbons (Fsp3) is 0.625. The monoisotopic (exact) mass is 280 g/mol. The molecule has 1 saturated heterocycles. The smallest absolute Gasteiger partial charge is 0.0538 e. The summed E-state index contributed by atoms with van der Waals surface area (Å²) in [5, 5.41) is 0.780. The molecule has 0 aromatic heterocycles. The summed E-state index contributed by atoms with van der Waals surface area (Å²) in [5.74, 6) is 0. The second-order valence-corrected chi connectivity index (χ2v) is 6.19. The van der Waals surface area contributed by atoms with Gasteiger partial charge in [-0.1, -0.05) is 43.5 Å². The normalized spacial score (nSPS) is 19.5. The molecule has 2 nitrogen and oxygen atoms in total. The molecule has 1 heterocycles. The Morgan fingerprint density at radius 3 is 2.42 bits per heavy atom. The number of rotatable bonds is 6. The number of unbranched alkanes of at least 4 members (excludes halogenated alkanes) is 1. The van der Waals surface area contributed by atoms with Crippen LogP contribution in [0, 0.1) is 0 Å². The summed E-state index contributed by atoms with van der Waals surface area (Å²) in [7, 11) is 0. The van der Waals surface area contributed by atoms with Crippen molar-refractivity contribution in [1.82, 2.24) is 4.90 Å². The first-order valence-corrected chi connectivity index (χ1v) is 7.79. The number of nitrogens with zero attached hydrogens (tertiary/aromatic N) is 1. The van der Waals surface area contributed by atoms with Crippen LogP contribution in [0.4, 0.5) is 0 Å². The molecule has 1 aliphatic heterocycles. The first-order valence-electron chi connectivity index (χ1n) is 7.41. The van der Waals surface area contributed by atoms with Crippen molar-refractivity contribution < 1.29 is 0 Å². The van der Waals surface area contributed by atoms with Gasteiger partial charge in [0.15, 0.2) is 0 Å². The highest BCUT2D eigenvalue weighted by atomic mass is 35.5. The van der Waals surface area contributed by atoms with Gasteiger partial charge in [0.1, 0.15) is 0 Å². The molecule has 0 bridgehead atoms. The highest BCUT2D eigenvalue weighted by Crippen LogP contribution is 2.28. The van der Waals surface area contributed by atoms with Crippen LogP contribution in [0.25, 0.3) is 0 Å². The first-order chi connectivity index (χ1) is 9.14. The van der Waals surface area contributed by atoms with Gasteiger partial charge in [0.05, 0.1) is 5.54 Å². The molecule has 3 heteroatoms. The molecule has 1 aromatic carbocycles. The second kappa shape index (κ2) is 6.74. The van der Waals surface area contributed by atoms with E-state index in [1.807, 2.05) is 12.1 Å². The molecular weight excluding hydrogens is 256 g/mol. The van der Waals surface area contributed by atoms with Crippen LogP contribution in [0.1, 0.15) is 44.6 Å². The van der Waals surface area contributed by atoms with Crippen molar-refractivity contribution in [3.8, 4) is 0 Å². The number of halogens is 1. The van der Waals surface area contributed by atoms with E-state index in [0.29, 0.717) is 0 Å².